The molecule has 1 fully saturated rings. The second-order valence-corrected chi connectivity index (χ2v) is 5.76. The van der Waals surface area contributed by atoms with Crippen molar-refractivity contribution in [2.24, 2.45) is 0 Å². The smallest absolute Gasteiger partial charge is 0.233 e. The highest BCUT2D eigenvalue weighted by molar-refractivity contribution is 6.42. The van der Waals surface area contributed by atoms with E-state index in [-0.39, 0.29) is 5.91 Å². The molecule has 1 aliphatic carbocycles. The van der Waals surface area contributed by atoms with E-state index in [4.69, 9.17) is 23.2 Å². The Morgan fingerprint density at radius 3 is 2.68 bits per heavy atom. The average Bonchev–Trinajstić information content (AvgIpc) is 2.42. The Morgan fingerprint density at radius 2 is 2.11 bits per heavy atom. The number of nitrogens with one attached hydrogen (secondary N) is 1. The van der Waals surface area contributed by atoms with Gasteiger partial charge in [0.2, 0.25) is 5.91 Å². The summed E-state index contributed by atoms with van der Waals surface area (Å²) in [5, 5.41) is 13.9. The third-order valence-electron chi connectivity index (χ3n) is 3.93. The molecule has 104 valence electrons. The molecule has 0 spiro atoms. The quantitative estimate of drug-likeness (QED) is 0.882. The zero-order valence-corrected chi connectivity index (χ0v) is 12.3. The van der Waals surface area contributed by atoms with E-state index in [2.05, 4.69) is 5.32 Å². The fourth-order valence-electron chi connectivity index (χ4n) is 2.88. The summed E-state index contributed by atoms with van der Waals surface area (Å²) in [6.07, 6.45) is 2.38. The highest BCUT2D eigenvalue weighted by atomic mass is 35.5. The van der Waals surface area contributed by atoms with Gasteiger partial charge < -0.3 is 10.4 Å². The van der Waals surface area contributed by atoms with E-state index in [1.165, 1.54) is 0 Å². The predicted molar refractivity (Wildman–Crippen MR) is 76.7 cm³/mol. The van der Waals surface area contributed by atoms with Crippen LogP contribution in [0.2, 0.25) is 10.0 Å². The molecule has 1 aliphatic rings. The Balaban J connectivity index is 2.53. The molecule has 0 bridgehead atoms. The molecule has 0 heterocycles. The van der Waals surface area contributed by atoms with E-state index in [0.29, 0.717) is 22.9 Å². The van der Waals surface area contributed by atoms with Crippen LogP contribution in [0, 0.1) is 0 Å². The van der Waals surface area contributed by atoms with Crippen LogP contribution >= 0.6 is 23.2 Å². The lowest BCUT2D eigenvalue weighted by Gasteiger charge is -2.40. The largest absolute Gasteiger partial charge is 0.392 e. The van der Waals surface area contributed by atoms with Crippen LogP contribution in [0.25, 0.3) is 0 Å². The molecule has 2 rings (SSSR count). The lowest BCUT2D eigenvalue weighted by molar-refractivity contribution is -0.132. The first kappa shape index (κ1) is 14.6. The van der Waals surface area contributed by atoms with Gasteiger partial charge in [0.25, 0.3) is 0 Å². The number of halogens is 2. The van der Waals surface area contributed by atoms with E-state index in [0.717, 1.165) is 18.4 Å². The number of benzene rings is 1. The average molecular weight is 302 g/mol. The first-order chi connectivity index (χ1) is 9.02. The summed E-state index contributed by atoms with van der Waals surface area (Å²) >= 11 is 12.0. The molecule has 1 aromatic carbocycles. The number of rotatable bonds is 2. The third kappa shape index (κ3) is 2.47. The number of carbonyl (C=O) groups excluding carboxylic acids is 1. The molecule has 0 aliphatic heterocycles. The van der Waals surface area contributed by atoms with Crippen molar-refractivity contribution in [1.82, 2.24) is 5.32 Å². The van der Waals surface area contributed by atoms with Gasteiger partial charge >= 0.3 is 0 Å². The van der Waals surface area contributed by atoms with Crippen LogP contribution in [0.4, 0.5) is 0 Å². The van der Waals surface area contributed by atoms with Crippen molar-refractivity contribution in [1.29, 1.82) is 0 Å². The molecule has 2 unspecified atom stereocenters. The number of aliphatic hydroxyl groups is 1. The topological polar surface area (TPSA) is 49.3 Å². The third-order valence-corrected chi connectivity index (χ3v) is 4.67. The molecule has 5 heteroatoms. The van der Waals surface area contributed by atoms with Crippen LogP contribution in [-0.4, -0.2) is 24.2 Å². The molecule has 1 saturated carbocycles. The van der Waals surface area contributed by atoms with Gasteiger partial charge in [-0.2, -0.15) is 0 Å². The van der Waals surface area contributed by atoms with Crippen molar-refractivity contribution in [2.75, 3.05) is 7.05 Å². The zero-order chi connectivity index (χ0) is 14.0. The molecule has 0 aromatic heterocycles. The van der Waals surface area contributed by atoms with Crippen LogP contribution in [-0.2, 0) is 10.2 Å². The molecule has 2 N–H and O–H groups in total. The van der Waals surface area contributed by atoms with Gasteiger partial charge in [0, 0.05) is 7.05 Å². The van der Waals surface area contributed by atoms with Gasteiger partial charge in [0.1, 0.15) is 0 Å². The van der Waals surface area contributed by atoms with Gasteiger partial charge in [-0.3, -0.25) is 4.79 Å². The Morgan fingerprint density at radius 1 is 1.37 bits per heavy atom. The Kier molecular flexibility index (Phi) is 4.39. The van der Waals surface area contributed by atoms with E-state index >= 15 is 0 Å². The number of hydrogen-bond acceptors (Lipinski definition) is 2. The highest BCUT2D eigenvalue weighted by Gasteiger charge is 2.47. The molecule has 2 atom stereocenters. The summed E-state index contributed by atoms with van der Waals surface area (Å²) in [6.45, 7) is 0. The van der Waals surface area contributed by atoms with E-state index in [9.17, 15) is 9.90 Å². The van der Waals surface area contributed by atoms with Gasteiger partial charge in [-0.25, -0.2) is 0 Å². The van der Waals surface area contributed by atoms with E-state index < -0.39 is 11.5 Å². The summed E-state index contributed by atoms with van der Waals surface area (Å²) in [5.41, 5.74) is -0.185. The fourth-order valence-corrected chi connectivity index (χ4v) is 3.18. The van der Waals surface area contributed by atoms with Gasteiger partial charge in [-0.1, -0.05) is 42.1 Å². The number of likely N-dealkylation sites (N-methyl/N-ethyl adjacent to an activating group) is 1. The van der Waals surface area contributed by atoms with Gasteiger partial charge in [-0.05, 0) is 30.5 Å². The van der Waals surface area contributed by atoms with Crippen LogP contribution in [0.15, 0.2) is 18.2 Å². The first-order valence-corrected chi connectivity index (χ1v) is 7.13. The number of amides is 1. The Labute approximate surface area is 122 Å². The molecule has 0 saturated heterocycles. The van der Waals surface area contributed by atoms with Gasteiger partial charge in [0.15, 0.2) is 0 Å². The molecular weight excluding hydrogens is 285 g/mol. The van der Waals surface area contributed by atoms with Crippen molar-refractivity contribution >= 4 is 29.1 Å². The van der Waals surface area contributed by atoms with Crippen molar-refractivity contribution in [3.63, 3.8) is 0 Å². The summed E-state index contributed by atoms with van der Waals surface area (Å²) in [7, 11) is 1.59. The standard InChI is InChI=1S/C14H17Cl2NO2/c1-17-13(19)14(7-3-2-4-12(14)18)9-5-6-10(15)11(16)8-9/h5-6,8,12,18H,2-4,7H2,1H3,(H,17,19). The second kappa shape index (κ2) is 5.70. The second-order valence-electron chi connectivity index (χ2n) is 4.94. The maximum atomic E-state index is 12.3. The van der Waals surface area contributed by atoms with Crippen molar-refractivity contribution in [3.05, 3.63) is 33.8 Å². The van der Waals surface area contributed by atoms with Crippen LogP contribution in [0.1, 0.15) is 31.2 Å². The number of hydrogen-bond donors (Lipinski definition) is 2. The molecule has 0 radical (unpaired) electrons. The van der Waals surface area contributed by atoms with Gasteiger partial charge in [0.05, 0.1) is 21.6 Å². The predicted octanol–water partition coefficient (Wildman–Crippen LogP) is 2.91. The minimum absolute atomic E-state index is 0.168. The Hall–Kier alpha value is -0.770. The SMILES string of the molecule is CNC(=O)C1(c2ccc(Cl)c(Cl)c2)CCCCC1O. The van der Waals surface area contributed by atoms with E-state index in [1.54, 1.807) is 25.2 Å². The Bertz CT molecular complexity index is 492. The summed E-state index contributed by atoms with van der Waals surface area (Å²) in [6, 6.07) is 5.14. The summed E-state index contributed by atoms with van der Waals surface area (Å²) in [4.78, 5) is 12.3. The maximum absolute atomic E-state index is 12.3. The van der Waals surface area contributed by atoms with Crippen LogP contribution < -0.4 is 5.32 Å². The van der Waals surface area contributed by atoms with Crippen molar-refractivity contribution < 1.29 is 9.90 Å². The summed E-state index contributed by atoms with van der Waals surface area (Å²) < 4.78 is 0. The monoisotopic (exact) mass is 301 g/mol. The van der Waals surface area contributed by atoms with Crippen molar-refractivity contribution in [3.8, 4) is 0 Å². The van der Waals surface area contributed by atoms with Crippen molar-refractivity contribution in [2.45, 2.75) is 37.2 Å². The maximum Gasteiger partial charge on any atom is 0.233 e. The first-order valence-electron chi connectivity index (χ1n) is 6.38. The minimum Gasteiger partial charge on any atom is -0.392 e. The normalized spacial score (nSPS) is 27.1. The molecular formula is C14H17Cl2NO2. The zero-order valence-electron chi connectivity index (χ0n) is 10.7. The highest BCUT2D eigenvalue weighted by Crippen LogP contribution is 2.41. The fraction of sp³-hybridized carbons (Fsp3) is 0.500. The lowest BCUT2D eigenvalue weighted by Crippen LogP contribution is -2.53. The number of aliphatic hydroxyl groups excluding tert-OH is 1. The molecule has 3 nitrogen and oxygen atoms in total. The minimum atomic E-state index is -0.915. The lowest BCUT2D eigenvalue weighted by atomic mass is 9.66. The van der Waals surface area contributed by atoms with Crippen LogP contribution in [0.5, 0.6) is 0 Å². The number of carbonyl (C=O) groups is 1. The molecule has 1 amide bonds. The molecule has 1 aromatic rings. The van der Waals surface area contributed by atoms with Gasteiger partial charge in [-0.15, -0.1) is 0 Å². The van der Waals surface area contributed by atoms with Crippen LogP contribution in [0.3, 0.4) is 0 Å². The summed E-state index contributed by atoms with van der Waals surface area (Å²) in [5.74, 6) is -0.168. The molecule has 19 heavy (non-hydrogen) atoms. The van der Waals surface area contributed by atoms with E-state index in [1.807, 2.05) is 0 Å².